The zero-order chi connectivity index (χ0) is 19.2. The summed E-state index contributed by atoms with van der Waals surface area (Å²) in [5.74, 6) is 0.970. The van der Waals surface area contributed by atoms with Crippen molar-refractivity contribution in [1.29, 1.82) is 0 Å². The van der Waals surface area contributed by atoms with Crippen molar-refractivity contribution in [3.8, 4) is 5.75 Å². The maximum absolute atomic E-state index is 12.3. The molecule has 1 heterocycles. The highest BCUT2D eigenvalue weighted by Crippen LogP contribution is 2.21. The molecule has 1 saturated heterocycles. The summed E-state index contributed by atoms with van der Waals surface area (Å²) in [6.07, 6.45) is 0.524. The number of carbonyl (C=O) groups excluding carboxylic acids is 1. The first-order valence-corrected chi connectivity index (χ1v) is 9.54. The molecule has 0 spiro atoms. The second kappa shape index (κ2) is 8.91. The molecular weight excluding hydrogens is 338 g/mol. The van der Waals surface area contributed by atoms with E-state index in [2.05, 4.69) is 27.2 Å². The molecular formula is C22H29N3O2. The summed E-state index contributed by atoms with van der Waals surface area (Å²) >= 11 is 0. The van der Waals surface area contributed by atoms with E-state index >= 15 is 0 Å². The van der Waals surface area contributed by atoms with E-state index in [4.69, 9.17) is 4.74 Å². The minimum absolute atomic E-state index is 0.0879. The molecule has 5 heteroatoms. The number of amides is 1. The van der Waals surface area contributed by atoms with Gasteiger partial charge in [0.25, 0.3) is 0 Å². The average molecular weight is 367 g/mol. The van der Waals surface area contributed by atoms with Crippen LogP contribution in [0, 0.1) is 13.8 Å². The van der Waals surface area contributed by atoms with E-state index in [1.54, 1.807) is 7.11 Å². The van der Waals surface area contributed by atoms with Gasteiger partial charge in [0.15, 0.2) is 0 Å². The van der Waals surface area contributed by atoms with Gasteiger partial charge in [-0.15, -0.1) is 0 Å². The number of piperazine rings is 1. The standard InChI is InChI=1S/C22H29N3O2/c1-17-5-4-6-18(2)22(17)23-21(26)11-12-24-13-15-25(16-14-24)19-7-9-20(27-3)10-8-19/h4-10H,11-16H2,1-3H3,(H,23,26). The molecule has 27 heavy (non-hydrogen) atoms. The molecule has 0 aromatic heterocycles. The van der Waals surface area contributed by atoms with E-state index in [-0.39, 0.29) is 5.91 Å². The number of aryl methyl sites for hydroxylation is 2. The van der Waals surface area contributed by atoms with Crippen molar-refractivity contribution < 1.29 is 9.53 Å². The molecule has 2 aromatic carbocycles. The molecule has 0 saturated carbocycles. The van der Waals surface area contributed by atoms with E-state index in [0.29, 0.717) is 6.42 Å². The monoisotopic (exact) mass is 367 g/mol. The van der Waals surface area contributed by atoms with E-state index in [1.807, 2.05) is 44.2 Å². The minimum atomic E-state index is 0.0879. The molecule has 1 aliphatic heterocycles. The molecule has 0 aliphatic carbocycles. The number of para-hydroxylation sites is 1. The number of hydrogen-bond donors (Lipinski definition) is 1. The molecule has 0 radical (unpaired) electrons. The maximum Gasteiger partial charge on any atom is 0.225 e. The number of benzene rings is 2. The Bertz CT molecular complexity index is 745. The number of nitrogens with one attached hydrogen (secondary N) is 1. The number of carbonyl (C=O) groups is 1. The van der Waals surface area contributed by atoms with E-state index < -0.39 is 0 Å². The van der Waals surface area contributed by atoms with Crippen LogP contribution in [0.2, 0.25) is 0 Å². The van der Waals surface area contributed by atoms with Crippen LogP contribution in [0.3, 0.4) is 0 Å². The van der Waals surface area contributed by atoms with Crippen LogP contribution < -0.4 is 15.0 Å². The Morgan fingerprint density at radius 2 is 1.63 bits per heavy atom. The summed E-state index contributed by atoms with van der Waals surface area (Å²) in [6.45, 7) is 8.76. The Hall–Kier alpha value is -2.53. The highest BCUT2D eigenvalue weighted by atomic mass is 16.5. The van der Waals surface area contributed by atoms with E-state index in [0.717, 1.165) is 55.3 Å². The largest absolute Gasteiger partial charge is 0.497 e. The Morgan fingerprint density at radius 3 is 2.22 bits per heavy atom. The topological polar surface area (TPSA) is 44.8 Å². The van der Waals surface area contributed by atoms with Gasteiger partial charge in [-0.2, -0.15) is 0 Å². The second-order valence-corrected chi connectivity index (χ2v) is 7.09. The van der Waals surface area contributed by atoms with Crippen LogP contribution in [-0.4, -0.2) is 50.6 Å². The van der Waals surface area contributed by atoms with Crippen LogP contribution in [0.25, 0.3) is 0 Å². The van der Waals surface area contributed by atoms with Gasteiger partial charge in [-0.3, -0.25) is 9.69 Å². The van der Waals surface area contributed by atoms with Crippen LogP contribution in [0.15, 0.2) is 42.5 Å². The lowest BCUT2D eigenvalue weighted by molar-refractivity contribution is -0.116. The fourth-order valence-corrected chi connectivity index (χ4v) is 3.50. The van der Waals surface area contributed by atoms with Crippen LogP contribution in [0.4, 0.5) is 11.4 Å². The van der Waals surface area contributed by atoms with Gasteiger partial charge in [-0.25, -0.2) is 0 Å². The Kier molecular flexibility index (Phi) is 6.35. The molecule has 3 rings (SSSR count). The summed E-state index contributed by atoms with van der Waals surface area (Å²) in [5, 5.41) is 3.08. The smallest absolute Gasteiger partial charge is 0.225 e. The van der Waals surface area contributed by atoms with Crippen molar-refractivity contribution in [2.75, 3.05) is 50.1 Å². The zero-order valence-corrected chi connectivity index (χ0v) is 16.5. The maximum atomic E-state index is 12.3. The fraction of sp³-hybridized carbons (Fsp3) is 0.409. The first-order valence-electron chi connectivity index (χ1n) is 9.54. The van der Waals surface area contributed by atoms with Crippen LogP contribution >= 0.6 is 0 Å². The quantitative estimate of drug-likeness (QED) is 0.849. The molecule has 0 unspecified atom stereocenters. The highest BCUT2D eigenvalue weighted by molar-refractivity contribution is 5.92. The second-order valence-electron chi connectivity index (χ2n) is 7.09. The molecule has 1 N–H and O–H groups in total. The van der Waals surface area contributed by atoms with Gasteiger partial charge in [-0.05, 0) is 49.2 Å². The predicted octanol–water partition coefficient (Wildman–Crippen LogP) is 3.46. The van der Waals surface area contributed by atoms with Gasteiger partial charge < -0.3 is 15.0 Å². The number of nitrogens with zero attached hydrogens (tertiary/aromatic N) is 2. The first-order chi connectivity index (χ1) is 13.1. The van der Waals surface area contributed by atoms with Crippen LogP contribution in [-0.2, 0) is 4.79 Å². The Morgan fingerprint density at radius 1 is 1.00 bits per heavy atom. The lowest BCUT2D eigenvalue weighted by Gasteiger charge is -2.36. The fourth-order valence-electron chi connectivity index (χ4n) is 3.50. The number of ether oxygens (including phenoxy) is 1. The average Bonchev–Trinajstić information content (AvgIpc) is 2.70. The summed E-state index contributed by atoms with van der Waals surface area (Å²) < 4.78 is 5.22. The van der Waals surface area contributed by atoms with Crippen molar-refractivity contribution >= 4 is 17.3 Å². The molecule has 1 aliphatic rings. The summed E-state index contributed by atoms with van der Waals surface area (Å²) in [7, 11) is 1.68. The summed E-state index contributed by atoms with van der Waals surface area (Å²) in [4.78, 5) is 17.1. The number of hydrogen-bond acceptors (Lipinski definition) is 4. The molecule has 2 aromatic rings. The van der Waals surface area contributed by atoms with Gasteiger partial charge in [0.1, 0.15) is 5.75 Å². The number of rotatable bonds is 6. The molecule has 1 fully saturated rings. The number of methoxy groups -OCH3 is 1. The predicted molar refractivity (Wildman–Crippen MR) is 111 cm³/mol. The van der Waals surface area contributed by atoms with E-state index in [9.17, 15) is 4.79 Å². The van der Waals surface area contributed by atoms with Gasteiger partial charge >= 0.3 is 0 Å². The normalized spacial score (nSPS) is 14.9. The number of anilines is 2. The van der Waals surface area contributed by atoms with Crippen molar-refractivity contribution in [2.45, 2.75) is 20.3 Å². The zero-order valence-electron chi connectivity index (χ0n) is 16.5. The third-order valence-corrected chi connectivity index (χ3v) is 5.21. The highest BCUT2D eigenvalue weighted by Gasteiger charge is 2.18. The van der Waals surface area contributed by atoms with Crippen molar-refractivity contribution in [3.05, 3.63) is 53.6 Å². The van der Waals surface area contributed by atoms with Gasteiger partial charge in [0, 0.05) is 50.5 Å². The van der Waals surface area contributed by atoms with Crippen LogP contribution in [0.5, 0.6) is 5.75 Å². The summed E-state index contributed by atoms with van der Waals surface area (Å²) in [6, 6.07) is 14.3. The van der Waals surface area contributed by atoms with Gasteiger partial charge in [-0.1, -0.05) is 18.2 Å². The molecule has 0 atom stereocenters. The molecule has 144 valence electrons. The van der Waals surface area contributed by atoms with Crippen molar-refractivity contribution in [3.63, 3.8) is 0 Å². The molecule has 1 amide bonds. The minimum Gasteiger partial charge on any atom is -0.497 e. The SMILES string of the molecule is COc1ccc(N2CCN(CCC(=O)Nc3c(C)cccc3C)CC2)cc1. The Labute approximate surface area is 161 Å². The third kappa shape index (κ3) is 5.01. The third-order valence-electron chi connectivity index (χ3n) is 5.21. The van der Waals surface area contributed by atoms with Gasteiger partial charge in [0.05, 0.1) is 7.11 Å². The lowest BCUT2D eigenvalue weighted by Crippen LogP contribution is -2.47. The molecule has 0 bridgehead atoms. The van der Waals surface area contributed by atoms with Gasteiger partial charge in [0.2, 0.25) is 5.91 Å². The molecule has 5 nitrogen and oxygen atoms in total. The van der Waals surface area contributed by atoms with Crippen molar-refractivity contribution in [2.24, 2.45) is 0 Å². The first kappa shape index (κ1) is 19.2. The van der Waals surface area contributed by atoms with E-state index in [1.165, 1.54) is 5.69 Å². The lowest BCUT2D eigenvalue weighted by atomic mass is 10.1. The van der Waals surface area contributed by atoms with Crippen LogP contribution in [0.1, 0.15) is 17.5 Å². The summed E-state index contributed by atoms with van der Waals surface area (Å²) in [5.41, 5.74) is 4.39. The Balaban J connectivity index is 1.44. The van der Waals surface area contributed by atoms with Crippen molar-refractivity contribution in [1.82, 2.24) is 4.90 Å².